The van der Waals surface area contributed by atoms with E-state index in [1.165, 1.54) is 12.1 Å². The van der Waals surface area contributed by atoms with E-state index in [0.29, 0.717) is 12.2 Å². The normalized spacial score (nSPS) is 10.7. The van der Waals surface area contributed by atoms with Gasteiger partial charge in [-0.05, 0) is 36.5 Å². The first-order valence-corrected chi connectivity index (χ1v) is 6.17. The zero-order valence-electron chi connectivity index (χ0n) is 8.10. The molecule has 80 valence electrons. The second kappa shape index (κ2) is 5.14. The minimum Gasteiger partial charge on any atom is -0.211 e. The van der Waals surface area contributed by atoms with Crippen LogP contribution in [0.3, 0.4) is 0 Å². The highest BCUT2D eigenvalue weighted by Crippen LogP contribution is 2.15. The molecule has 0 atom stereocenters. The number of nitrogens with one attached hydrogen (secondary N) is 1. The fourth-order valence-corrected chi connectivity index (χ4v) is 2.17. The molecule has 1 aromatic carbocycles. The van der Waals surface area contributed by atoms with Gasteiger partial charge in [0.15, 0.2) is 0 Å². The van der Waals surface area contributed by atoms with Crippen LogP contribution >= 0.6 is 12.2 Å². The summed E-state index contributed by atoms with van der Waals surface area (Å²) < 4.78 is 25.4. The molecule has 4 nitrogen and oxygen atoms in total. The Morgan fingerprint density at radius 1 is 1.40 bits per heavy atom. The first-order valence-electron chi connectivity index (χ1n) is 4.27. The van der Waals surface area contributed by atoms with Crippen molar-refractivity contribution >= 4 is 33.1 Å². The van der Waals surface area contributed by atoms with E-state index in [-0.39, 0.29) is 4.90 Å². The molecule has 15 heavy (non-hydrogen) atoms. The van der Waals surface area contributed by atoms with Crippen molar-refractivity contribution in [1.29, 1.82) is 0 Å². The number of nitrogens with zero attached hydrogens (tertiary/aromatic N) is 1. The van der Waals surface area contributed by atoms with Crippen LogP contribution < -0.4 is 4.72 Å². The molecule has 0 aliphatic rings. The van der Waals surface area contributed by atoms with Gasteiger partial charge in [-0.1, -0.05) is 6.92 Å². The molecule has 0 spiro atoms. The Hall–Kier alpha value is -1.07. The fourth-order valence-electron chi connectivity index (χ4n) is 1.03. The summed E-state index contributed by atoms with van der Waals surface area (Å²) in [5.41, 5.74) is 0.584. The average Bonchev–Trinajstić information content (AvgIpc) is 2.19. The molecular formula is C9H10N2O2S2. The van der Waals surface area contributed by atoms with Gasteiger partial charge in [-0.3, -0.25) is 0 Å². The highest BCUT2D eigenvalue weighted by molar-refractivity contribution is 7.89. The first-order chi connectivity index (χ1) is 7.10. The smallest absolute Gasteiger partial charge is 0.211 e. The summed E-state index contributed by atoms with van der Waals surface area (Å²) in [5.74, 6) is 0. The third-order valence-electron chi connectivity index (χ3n) is 1.66. The number of hydrogen-bond acceptors (Lipinski definition) is 4. The van der Waals surface area contributed by atoms with E-state index in [9.17, 15) is 8.42 Å². The summed E-state index contributed by atoms with van der Waals surface area (Å²) in [6.45, 7) is 2.09. The van der Waals surface area contributed by atoms with Crippen LogP contribution in [0.5, 0.6) is 0 Å². The number of isothiocyanates is 1. The summed E-state index contributed by atoms with van der Waals surface area (Å²) in [4.78, 5) is 3.94. The van der Waals surface area contributed by atoms with Gasteiger partial charge in [-0.25, -0.2) is 13.1 Å². The molecule has 6 heteroatoms. The van der Waals surface area contributed by atoms with E-state index in [1.54, 1.807) is 19.1 Å². The van der Waals surface area contributed by atoms with Gasteiger partial charge in [-0.15, -0.1) is 0 Å². The number of hydrogen-bond donors (Lipinski definition) is 1. The van der Waals surface area contributed by atoms with Crippen molar-refractivity contribution in [2.75, 3.05) is 6.54 Å². The summed E-state index contributed by atoms with van der Waals surface area (Å²) in [6.07, 6.45) is 0. The maximum absolute atomic E-state index is 11.5. The second-order valence-electron chi connectivity index (χ2n) is 2.70. The molecule has 0 aliphatic carbocycles. The van der Waals surface area contributed by atoms with Crippen molar-refractivity contribution in [2.24, 2.45) is 4.99 Å². The number of rotatable bonds is 4. The lowest BCUT2D eigenvalue weighted by Crippen LogP contribution is -2.22. The fraction of sp³-hybridized carbons (Fsp3) is 0.222. The predicted molar refractivity (Wildman–Crippen MR) is 62.0 cm³/mol. The maximum Gasteiger partial charge on any atom is 0.240 e. The van der Waals surface area contributed by atoms with E-state index in [2.05, 4.69) is 27.1 Å². The quantitative estimate of drug-likeness (QED) is 0.646. The largest absolute Gasteiger partial charge is 0.240 e. The van der Waals surface area contributed by atoms with Crippen molar-refractivity contribution in [2.45, 2.75) is 11.8 Å². The van der Waals surface area contributed by atoms with E-state index in [0.717, 1.165) is 0 Å². The first kappa shape index (κ1) is 12.0. The highest BCUT2D eigenvalue weighted by Gasteiger charge is 2.11. The summed E-state index contributed by atoms with van der Waals surface area (Å²) >= 11 is 4.43. The Balaban J connectivity index is 3.03. The van der Waals surface area contributed by atoms with Gasteiger partial charge < -0.3 is 0 Å². The SMILES string of the molecule is CCNS(=O)(=O)c1ccc(N=C=S)cc1. The van der Waals surface area contributed by atoms with Crippen LogP contribution in [0.25, 0.3) is 0 Å². The van der Waals surface area contributed by atoms with Crippen molar-refractivity contribution in [1.82, 2.24) is 4.72 Å². The topological polar surface area (TPSA) is 58.5 Å². The zero-order chi connectivity index (χ0) is 11.3. The van der Waals surface area contributed by atoms with Gasteiger partial charge >= 0.3 is 0 Å². The molecule has 0 bridgehead atoms. The van der Waals surface area contributed by atoms with Crippen molar-refractivity contribution < 1.29 is 8.42 Å². The zero-order valence-corrected chi connectivity index (χ0v) is 9.73. The van der Waals surface area contributed by atoms with Gasteiger partial charge in [0.05, 0.1) is 15.7 Å². The molecule has 0 aromatic heterocycles. The van der Waals surface area contributed by atoms with Gasteiger partial charge in [-0.2, -0.15) is 4.99 Å². The molecule has 0 unspecified atom stereocenters. The molecule has 0 radical (unpaired) electrons. The molecule has 0 amide bonds. The van der Waals surface area contributed by atoms with Crippen LogP contribution in [0, 0.1) is 0 Å². The van der Waals surface area contributed by atoms with Gasteiger partial charge in [0.2, 0.25) is 10.0 Å². The van der Waals surface area contributed by atoms with Crippen LogP contribution in [0.2, 0.25) is 0 Å². The molecule has 1 aromatic rings. The third kappa shape index (κ3) is 3.21. The standard InChI is InChI=1S/C9H10N2O2S2/c1-2-11-15(12,13)9-5-3-8(4-6-9)10-7-14/h3-6,11H,2H2,1H3. The van der Waals surface area contributed by atoms with Crippen LogP contribution in [0.1, 0.15) is 6.92 Å². The molecule has 1 rings (SSSR count). The van der Waals surface area contributed by atoms with Crippen LogP contribution in [0.4, 0.5) is 5.69 Å². The lowest BCUT2D eigenvalue weighted by Gasteiger charge is -2.03. The summed E-state index contributed by atoms with van der Waals surface area (Å²) in [5, 5.41) is 2.21. The van der Waals surface area contributed by atoms with Crippen molar-refractivity contribution in [3.63, 3.8) is 0 Å². The van der Waals surface area contributed by atoms with Crippen LogP contribution in [-0.4, -0.2) is 20.1 Å². The third-order valence-corrected chi connectivity index (χ3v) is 3.31. The number of sulfonamides is 1. The Bertz CT molecular complexity index is 473. The Morgan fingerprint density at radius 2 is 2.00 bits per heavy atom. The molecule has 1 N–H and O–H groups in total. The predicted octanol–water partition coefficient (Wildman–Crippen LogP) is 1.72. The van der Waals surface area contributed by atoms with Crippen LogP contribution in [0.15, 0.2) is 34.2 Å². The Labute approximate surface area is 94.1 Å². The molecule has 0 saturated heterocycles. The highest BCUT2D eigenvalue weighted by atomic mass is 32.2. The van der Waals surface area contributed by atoms with E-state index >= 15 is 0 Å². The number of thiocarbonyl (C=S) groups is 1. The van der Waals surface area contributed by atoms with Crippen LogP contribution in [-0.2, 0) is 10.0 Å². The van der Waals surface area contributed by atoms with Gasteiger partial charge in [0, 0.05) is 6.54 Å². The molecule has 0 saturated carbocycles. The summed E-state index contributed by atoms with van der Waals surface area (Å²) in [7, 11) is -3.38. The van der Waals surface area contributed by atoms with E-state index in [1.807, 2.05) is 0 Å². The lowest BCUT2D eigenvalue weighted by atomic mass is 10.3. The van der Waals surface area contributed by atoms with Gasteiger partial charge in [0.25, 0.3) is 0 Å². The molecule has 0 aliphatic heterocycles. The van der Waals surface area contributed by atoms with E-state index in [4.69, 9.17) is 0 Å². The molecular weight excluding hydrogens is 232 g/mol. The second-order valence-corrected chi connectivity index (χ2v) is 4.65. The van der Waals surface area contributed by atoms with E-state index < -0.39 is 10.0 Å². The summed E-state index contributed by atoms with van der Waals surface area (Å²) in [6, 6.07) is 6.10. The minimum absolute atomic E-state index is 0.215. The average molecular weight is 242 g/mol. The van der Waals surface area contributed by atoms with Crippen molar-refractivity contribution in [3.8, 4) is 0 Å². The number of benzene rings is 1. The Morgan fingerprint density at radius 3 is 2.47 bits per heavy atom. The van der Waals surface area contributed by atoms with Crippen molar-refractivity contribution in [3.05, 3.63) is 24.3 Å². The Kier molecular flexibility index (Phi) is 4.11. The van der Waals surface area contributed by atoms with Gasteiger partial charge in [0.1, 0.15) is 0 Å². The number of aliphatic imine (C=N–C) groups is 1. The molecule has 0 heterocycles. The lowest BCUT2D eigenvalue weighted by molar-refractivity contribution is 0.584. The monoisotopic (exact) mass is 242 g/mol. The minimum atomic E-state index is -3.38. The molecule has 0 fully saturated rings. The maximum atomic E-state index is 11.5.